The van der Waals surface area contributed by atoms with Crippen molar-refractivity contribution in [2.75, 3.05) is 6.54 Å². The second kappa shape index (κ2) is 9.60. The summed E-state index contributed by atoms with van der Waals surface area (Å²) in [6, 6.07) is 5.43. The molecule has 6 N–H and O–H groups in total. The fraction of sp³-hybridized carbons (Fsp3) is 0.600. The van der Waals surface area contributed by atoms with E-state index in [1.165, 1.54) is 6.07 Å². The van der Waals surface area contributed by atoms with E-state index in [1.54, 1.807) is 12.1 Å². The van der Waals surface area contributed by atoms with Gasteiger partial charge in [0.15, 0.2) is 0 Å². The highest BCUT2D eigenvalue weighted by Gasteiger charge is 2.38. The Balaban J connectivity index is 1.49. The number of fused-ring (bicyclic) bond motifs is 1. The molecule has 1 fully saturated rings. The zero-order chi connectivity index (χ0) is 21.0. The summed E-state index contributed by atoms with van der Waals surface area (Å²) in [6.45, 7) is 2.79. The van der Waals surface area contributed by atoms with E-state index in [0.29, 0.717) is 30.4 Å². The molecule has 3 rings (SSSR count). The van der Waals surface area contributed by atoms with Crippen LogP contribution in [0, 0.1) is 5.92 Å². The summed E-state index contributed by atoms with van der Waals surface area (Å²) in [5.41, 5.74) is 6.46. The van der Waals surface area contributed by atoms with Crippen molar-refractivity contribution >= 4 is 19.0 Å². The van der Waals surface area contributed by atoms with Gasteiger partial charge in [-0.2, -0.15) is 0 Å². The van der Waals surface area contributed by atoms with Gasteiger partial charge in [-0.1, -0.05) is 12.1 Å². The number of carbonyl (C=O) groups is 2. The summed E-state index contributed by atoms with van der Waals surface area (Å²) >= 11 is 0. The van der Waals surface area contributed by atoms with Crippen molar-refractivity contribution in [3.63, 3.8) is 0 Å². The lowest BCUT2D eigenvalue weighted by Gasteiger charge is -2.31. The minimum absolute atomic E-state index is 0.0146. The summed E-state index contributed by atoms with van der Waals surface area (Å²) in [5, 5.41) is 25.9. The van der Waals surface area contributed by atoms with E-state index in [1.807, 2.05) is 6.92 Å². The van der Waals surface area contributed by atoms with Crippen LogP contribution in [0.4, 0.5) is 0 Å². The maximum absolute atomic E-state index is 12.5. The molecule has 0 unspecified atom stereocenters. The molecule has 2 atom stereocenters. The Labute approximate surface area is 171 Å². The van der Waals surface area contributed by atoms with Gasteiger partial charge in [0, 0.05) is 25.0 Å². The first-order valence-corrected chi connectivity index (χ1v) is 10.3. The molecule has 158 valence electrons. The van der Waals surface area contributed by atoms with Gasteiger partial charge in [0.05, 0.1) is 11.5 Å². The molecule has 1 aromatic carbocycles. The topological polar surface area (TPSA) is 134 Å². The first-order chi connectivity index (χ1) is 13.8. The summed E-state index contributed by atoms with van der Waals surface area (Å²) in [4.78, 5) is 23.8. The van der Waals surface area contributed by atoms with Gasteiger partial charge in [0.25, 0.3) is 0 Å². The van der Waals surface area contributed by atoms with E-state index < -0.39 is 19.0 Å². The van der Waals surface area contributed by atoms with Crippen molar-refractivity contribution in [2.45, 2.75) is 63.5 Å². The normalized spacial score (nSPS) is 24.9. The van der Waals surface area contributed by atoms with Crippen molar-refractivity contribution in [3.8, 4) is 5.75 Å². The predicted octanol–water partition coefficient (Wildman–Crippen LogP) is 0.710. The highest BCUT2D eigenvalue weighted by atomic mass is 16.5. The van der Waals surface area contributed by atoms with Gasteiger partial charge in [-0.05, 0) is 56.6 Å². The van der Waals surface area contributed by atoms with Crippen LogP contribution in [0.25, 0.3) is 0 Å². The summed E-state index contributed by atoms with van der Waals surface area (Å²) in [7, 11) is -1.27. The molecule has 29 heavy (non-hydrogen) atoms. The number of hydrogen-bond acceptors (Lipinski definition) is 6. The number of aromatic carboxylic acids is 1. The monoisotopic (exact) mass is 403 g/mol. The molecular formula is C20H30BN3O5. The van der Waals surface area contributed by atoms with E-state index in [2.05, 4.69) is 10.6 Å². The Bertz CT molecular complexity index is 737. The van der Waals surface area contributed by atoms with Gasteiger partial charge in [0.1, 0.15) is 5.75 Å². The van der Waals surface area contributed by atoms with Gasteiger partial charge in [-0.25, -0.2) is 4.79 Å². The van der Waals surface area contributed by atoms with Crippen LogP contribution in [0.1, 0.15) is 54.9 Å². The number of benzene rings is 1. The second-order valence-corrected chi connectivity index (χ2v) is 8.29. The second-order valence-electron chi connectivity index (χ2n) is 8.29. The van der Waals surface area contributed by atoms with Crippen molar-refractivity contribution in [3.05, 3.63) is 29.3 Å². The SMILES string of the molecule is C[C@H](N)CN[C@H]1CC[C@H](CC(=O)N[C@H]2Cc3cccc(C(=O)O)c3OB2O)CC1. The molecule has 0 saturated heterocycles. The number of carboxylic acids is 1. The van der Waals surface area contributed by atoms with Crippen molar-refractivity contribution < 1.29 is 24.4 Å². The van der Waals surface area contributed by atoms with Gasteiger partial charge < -0.3 is 31.2 Å². The molecule has 1 aromatic rings. The zero-order valence-corrected chi connectivity index (χ0v) is 16.8. The molecule has 1 saturated carbocycles. The van der Waals surface area contributed by atoms with Gasteiger partial charge in [-0.15, -0.1) is 0 Å². The molecule has 8 nitrogen and oxygen atoms in total. The smallest absolute Gasteiger partial charge is 0.534 e. The van der Waals surface area contributed by atoms with Crippen molar-refractivity contribution in [2.24, 2.45) is 11.7 Å². The quantitative estimate of drug-likeness (QED) is 0.424. The fourth-order valence-electron chi connectivity index (χ4n) is 4.17. The van der Waals surface area contributed by atoms with E-state index >= 15 is 0 Å². The predicted molar refractivity (Wildman–Crippen MR) is 110 cm³/mol. The zero-order valence-electron chi connectivity index (χ0n) is 16.8. The van der Waals surface area contributed by atoms with Crippen LogP contribution in [0.15, 0.2) is 18.2 Å². The first kappa shape index (κ1) is 21.6. The molecule has 0 aromatic heterocycles. The summed E-state index contributed by atoms with van der Waals surface area (Å²) < 4.78 is 5.43. The third-order valence-corrected chi connectivity index (χ3v) is 5.75. The molecule has 1 amide bonds. The number of para-hydroxylation sites is 1. The lowest BCUT2D eigenvalue weighted by molar-refractivity contribution is -0.122. The molecule has 0 radical (unpaired) electrons. The third-order valence-electron chi connectivity index (χ3n) is 5.75. The number of nitrogens with two attached hydrogens (primary N) is 1. The van der Waals surface area contributed by atoms with Gasteiger partial charge in [0.2, 0.25) is 5.91 Å². The van der Waals surface area contributed by atoms with Gasteiger partial charge >= 0.3 is 13.1 Å². The Hall–Kier alpha value is -2.10. The van der Waals surface area contributed by atoms with E-state index in [-0.39, 0.29) is 23.3 Å². The maximum Gasteiger partial charge on any atom is 0.547 e. The molecule has 9 heteroatoms. The Morgan fingerprint density at radius 2 is 2.03 bits per heavy atom. The number of hydrogen-bond donors (Lipinski definition) is 5. The van der Waals surface area contributed by atoms with Gasteiger partial charge in [-0.3, -0.25) is 4.79 Å². The van der Waals surface area contributed by atoms with Crippen LogP contribution in [0.5, 0.6) is 5.75 Å². The van der Waals surface area contributed by atoms with E-state index in [4.69, 9.17) is 10.4 Å². The number of rotatable bonds is 7. The third kappa shape index (κ3) is 5.71. The lowest BCUT2D eigenvalue weighted by Crippen LogP contribution is -2.53. The maximum atomic E-state index is 12.5. The number of amides is 1. The largest absolute Gasteiger partial charge is 0.547 e. The molecule has 0 spiro atoms. The minimum atomic E-state index is -1.27. The molecule has 1 aliphatic heterocycles. The average Bonchev–Trinajstić information content (AvgIpc) is 2.67. The number of carboxylic acid groups (broad SMARTS) is 1. The first-order valence-electron chi connectivity index (χ1n) is 10.3. The average molecular weight is 403 g/mol. The Morgan fingerprint density at radius 3 is 2.69 bits per heavy atom. The molecular weight excluding hydrogens is 373 g/mol. The van der Waals surface area contributed by atoms with Crippen molar-refractivity contribution in [1.29, 1.82) is 0 Å². The number of nitrogens with one attached hydrogen (secondary N) is 2. The molecule has 2 aliphatic rings. The molecule has 0 bridgehead atoms. The summed E-state index contributed by atoms with van der Waals surface area (Å²) in [6.07, 6.45) is 4.79. The molecule has 1 aliphatic carbocycles. The standard InChI is InChI=1S/C20H30BN3O5/c1-12(22)11-23-15-7-5-13(6-8-15)9-18(25)24-17-10-14-3-2-4-16(20(26)27)19(14)29-21(17)28/h2-4,12-13,15,17,23,28H,5-11,22H2,1H3,(H,24,25)(H,26,27)/t12-,13-,15-,17-/m0/s1. The van der Waals surface area contributed by atoms with E-state index in [0.717, 1.165) is 32.2 Å². The lowest BCUT2D eigenvalue weighted by atomic mass is 9.72. The highest BCUT2D eigenvalue weighted by Crippen LogP contribution is 2.31. The summed E-state index contributed by atoms with van der Waals surface area (Å²) in [5.74, 6) is -1.31. The van der Waals surface area contributed by atoms with Crippen LogP contribution >= 0.6 is 0 Å². The minimum Gasteiger partial charge on any atom is -0.534 e. The van der Waals surface area contributed by atoms with Crippen LogP contribution in [0.3, 0.4) is 0 Å². The van der Waals surface area contributed by atoms with Crippen LogP contribution in [0.2, 0.25) is 0 Å². The van der Waals surface area contributed by atoms with Crippen LogP contribution < -0.4 is 21.0 Å². The fourth-order valence-corrected chi connectivity index (χ4v) is 4.17. The van der Waals surface area contributed by atoms with Crippen LogP contribution in [-0.2, 0) is 11.2 Å². The van der Waals surface area contributed by atoms with Crippen LogP contribution in [-0.4, -0.2) is 53.7 Å². The highest BCUT2D eigenvalue weighted by molar-refractivity contribution is 6.47. The number of carbonyl (C=O) groups excluding carboxylic acids is 1. The Kier molecular flexibility index (Phi) is 7.16. The Morgan fingerprint density at radius 1 is 1.31 bits per heavy atom. The van der Waals surface area contributed by atoms with Crippen molar-refractivity contribution in [1.82, 2.24) is 10.6 Å². The van der Waals surface area contributed by atoms with E-state index in [9.17, 15) is 19.7 Å². The molecule has 1 heterocycles.